The monoisotopic (exact) mass is 204 g/mol. The molecule has 0 spiro atoms. The van der Waals surface area contributed by atoms with Gasteiger partial charge in [0.25, 0.3) is 0 Å². The van der Waals surface area contributed by atoms with Crippen LogP contribution < -0.4 is 5.73 Å². The van der Waals surface area contributed by atoms with Crippen LogP contribution in [-0.4, -0.2) is 23.4 Å². The van der Waals surface area contributed by atoms with E-state index in [9.17, 15) is 4.79 Å². The van der Waals surface area contributed by atoms with E-state index >= 15 is 0 Å². The van der Waals surface area contributed by atoms with Crippen LogP contribution in [-0.2, 0) is 11.3 Å². The summed E-state index contributed by atoms with van der Waals surface area (Å²) in [6.07, 6.45) is 0.492. The Balaban J connectivity index is 2.03. The van der Waals surface area contributed by atoms with Gasteiger partial charge >= 0.3 is 0 Å². The summed E-state index contributed by atoms with van der Waals surface area (Å²) in [6.45, 7) is 3.43. The standard InChI is InChI=1S/C12H16N2O/c1-9-2-4-10(5-3-9)7-14-8-11(13)6-12(14)15/h2-5,11H,6-8,13H2,1H3. The highest BCUT2D eigenvalue weighted by Gasteiger charge is 2.26. The molecule has 80 valence electrons. The fourth-order valence-electron chi connectivity index (χ4n) is 1.87. The van der Waals surface area contributed by atoms with Crippen LogP contribution in [0.4, 0.5) is 0 Å². The number of nitrogens with two attached hydrogens (primary N) is 1. The Hall–Kier alpha value is -1.35. The molecular formula is C12H16N2O. The summed E-state index contributed by atoms with van der Waals surface area (Å²) in [6, 6.07) is 8.27. The average Bonchev–Trinajstić information content (AvgIpc) is 2.49. The number of carbonyl (C=O) groups excluding carboxylic acids is 1. The van der Waals surface area contributed by atoms with Gasteiger partial charge in [0.05, 0.1) is 0 Å². The zero-order valence-corrected chi connectivity index (χ0v) is 8.94. The highest BCUT2D eigenvalue weighted by atomic mass is 16.2. The number of nitrogens with zero attached hydrogens (tertiary/aromatic N) is 1. The quantitative estimate of drug-likeness (QED) is 0.782. The Labute approximate surface area is 89.9 Å². The van der Waals surface area contributed by atoms with Crippen molar-refractivity contribution in [2.45, 2.75) is 25.9 Å². The molecule has 0 radical (unpaired) electrons. The lowest BCUT2D eigenvalue weighted by molar-refractivity contribution is -0.128. The summed E-state index contributed by atoms with van der Waals surface area (Å²) >= 11 is 0. The Morgan fingerprint density at radius 1 is 1.40 bits per heavy atom. The zero-order chi connectivity index (χ0) is 10.8. The number of carbonyl (C=O) groups is 1. The number of rotatable bonds is 2. The summed E-state index contributed by atoms with van der Waals surface area (Å²) in [7, 11) is 0. The van der Waals surface area contributed by atoms with Gasteiger partial charge in [-0.15, -0.1) is 0 Å². The van der Waals surface area contributed by atoms with Gasteiger partial charge in [-0.2, -0.15) is 0 Å². The van der Waals surface area contributed by atoms with Crippen molar-refractivity contribution in [1.29, 1.82) is 0 Å². The maximum atomic E-state index is 11.5. The number of aryl methyl sites for hydroxylation is 1. The Morgan fingerprint density at radius 2 is 2.07 bits per heavy atom. The van der Waals surface area contributed by atoms with E-state index < -0.39 is 0 Å². The van der Waals surface area contributed by atoms with Crippen LogP contribution in [0.1, 0.15) is 17.5 Å². The smallest absolute Gasteiger partial charge is 0.224 e. The first kappa shape index (κ1) is 10.2. The molecule has 15 heavy (non-hydrogen) atoms. The fraction of sp³-hybridized carbons (Fsp3) is 0.417. The number of benzene rings is 1. The Kier molecular flexibility index (Phi) is 2.73. The summed E-state index contributed by atoms with van der Waals surface area (Å²) in [5, 5.41) is 0. The first-order valence-electron chi connectivity index (χ1n) is 5.24. The minimum Gasteiger partial charge on any atom is -0.337 e. The van der Waals surface area contributed by atoms with Gasteiger partial charge in [-0.1, -0.05) is 29.8 Å². The highest BCUT2D eigenvalue weighted by molar-refractivity contribution is 5.79. The van der Waals surface area contributed by atoms with Crippen LogP contribution in [0.25, 0.3) is 0 Å². The van der Waals surface area contributed by atoms with Crippen LogP contribution in [0.15, 0.2) is 24.3 Å². The lowest BCUT2D eigenvalue weighted by atomic mass is 10.1. The molecule has 0 saturated carbocycles. The molecule has 0 aliphatic carbocycles. The van der Waals surface area contributed by atoms with Crippen molar-refractivity contribution < 1.29 is 4.79 Å². The third-order valence-electron chi connectivity index (χ3n) is 2.74. The molecule has 1 aromatic rings. The van der Waals surface area contributed by atoms with Gasteiger partial charge < -0.3 is 10.6 Å². The van der Waals surface area contributed by atoms with Crippen LogP contribution in [0.2, 0.25) is 0 Å². The molecular weight excluding hydrogens is 188 g/mol. The van der Waals surface area contributed by atoms with Crippen molar-refractivity contribution in [3.05, 3.63) is 35.4 Å². The van der Waals surface area contributed by atoms with E-state index in [0.29, 0.717) is 19.5 Å². The number of likely N-dealkylation sites (tertiary alicyclic amines) is 1. The Bertz CT molecular complexity index is 358. The molecule has 1 unspecified atom stereocenters. The highest BCUT2D eigenvalue weighted by Crippen LogP contribution is 2.14. The first-order chi connectivity index (χ1) is 7.15. The second kappa shape index (κ2) is 4.03. The SMILES string of the molecule is Cc1ccc(CN2CC(N)CC2=O)cc1. The first-order valence-corrected chi connectivity index (χ1v) is 5.24. The van der Waals surface area contributed by atoms with Gasteiger partial charge in [-0.05, 0) is 12.5 Å². The van der Waals surface area contributed by atoms with Crippen LogP contribution in [0, 0.1) is 6.92 Å². The molecule has 1 aliphatic heterocycles. The van der Waals surface area contributed by atoms with Gasteiger partial charge in [0, 0.05) is 25.6 Å². The molecule has 0 aromatic heterocycles. The second-order valence-corrected chi connectivity index (χ2v) is 4.22. The molecule has 0 bridgehead atoms. The van der Waals surface area contributed by atoms with Crippen LogP contribution >= 0.6 is 0 Å². The predicted octanol–water partition coefficient (Wildman–Crippen LogP) is 1.05. The van der Waals surface area contributed by atoms with E-state index in [1.807, 2.05) is 4.90 Å². The number of hydrogen-bond donors (Lipinski definition) is 1. The van der Waals surface area contributed by atoms with Crippen molar-refractivity contribution in [3.63, 3.8) is 0 Å². The number of amides is 1. The average molecular weight is 204 g/mol. The van der Waals surface area contributed by atoms with Gasteiger partial charge in [0.2, 0.25) is 5.91 Å². The van der Waals surface area contributed by atoms with Gasteiger partial charge in [0.15, 0.2) is 0 Å². The molecule has 1 saturated heterocycles. The molecule has 1 fully saturated rings. The summed E-state index contributed by atoms with van der Waals surface area (Å²) in [5.74, 6) is 0.170. The largest absolute Gasteiger partial charge is 0.337 e. The normalized spacial score (nSPS) is 21.1. The molecule has 2 N–H and O–H groups in total. The van der Waals surface area contributed by atoms with Crippen molar-refractivity contribution in [2.24, 2.45) is 5.73 Å². The van der Waals surface area contributed by atoms with Crippen molar-refractivity contribution in [2.75, 3.05) is 6.54 Å². The van der Waals surface area contributed by atoms with E-state index in [1.165, 1.54) is 11.1 Å². The van der Waals surface area contributed by atoms with Crippen molar-refractivity contribution in [3.8, 4) is 0 Å². The lowest BCUT2D eigenvalue weighted by Crippen LogP contribution is -2.27. The molecule has 3 nitrogen and oxygen atoms in total. The topological polar surface area (TPSA) is 46.3 Å². The summed E-state index contributed by atoms with van der Waals surface area (Å²) < 4.78 is 0. The zero-order valence-electron chi connectivity index (χ0n) is 8.94. The third kappa shape index (κ3) is 2.36. The lowest BCUT2D eigenvalue weighted by Gasteiger charge is -2.15. The molecule has 1 amide bonds. The minimum absolute atomic E-state index is 0.0166. The molecule has 1 heterocycles. The van der Waals surface area contributed by atoms with E-state index in [4.69, 9.17) is 5.73 Å². The molecule has 1 aliphatic rings. The van der Waals surface area contributed by atoms with E-state index in [-0.39, 0.29) is 11.9 Å². The van der Waals surface area contributed by atoms with Gasteiger partial charge in [-0.25, -0.2) is 0 Å². The third-order valence-corrected chi connectivity index (χ3v) is 2.74. The van der Waals surface area contributed by atoms with E-state index in [2.05, 4.69) is 31.2 Å². The molecule has 1 aromatic carbocycles. The van der Waals surface area contributed by atoms with Crippen LogP contribution in [0.5, 0.6) is 0 Å². The molecule has 3 heteroatoms. The summed E-state index contributed by atoms with van der Waals surface area (Å²) in [4.78, 5) is 13.3. The maximum absolute atomic E-state index is 11.5. The Morgan fingerprint density at radius 3 is 2.60 bits per heavy atom. The summed E-state index contributed by atoms with van der Waals surface area (Å²) in [5.41, 5.74) is 8.14. The fourth-order valence-corrected chi connectivity index (χ4v) is 1.87. The van der Waals surface area contributed by atoms with Crippen LogP contribution in [0.3, 0.4) is 0 Å². The van der Waals surface area contributed by atoms with E-state index in [0.717, 1.165) is 0 Å². The molecule has 1 atom stereocenters. The van der Waals surface area contributed by atoms with Gasteiger partial charge in [-0.3, -0.25) is 4.79 Å². The predicted molar refractivity (Wildman–Crippen MR) is 59.2 cm³/mol. The van der Waals surface area contributed by atoms with Gasteiger partial charge in [0.1, 0.15) is 0 Å². The number of hydrogen-bond acceptors (Lipinski definition) is 2. The minimum atomic E-state index is 0.0166. The van der Waals surface area contributed by atoms with Crippen molar-refractivity contribution >= 4 is 5.91 Å². The second-order valence-electron chi connectivity index (χ2n) is 4.22. The molecule has 2 rings (SSSR count). The van der Waals surface area contributed by atoms with E-state index in [1.54, 1.807) is 0 Å². The van der Waals surface area contributed by atoms with Crippen molar-refractivity contribution in [1.82, 2.24) is 4.90 Å². The maximum Gasteiger partial charge on any atom is 0.224 e.